The molecular weight excluding hydrogens is 331 g/mol. The van der Waals surface area contributed by atoms with Gasteiger partial charge in [0.15, 0.2) is 0 Å². The van der Waals surface area contributed by atoms with Gasteiger partial charge in [-0.1, -0.05) is 30.3 Å². The molecule has 0 bridgehead atoms. The first kappa shape index (κ1) is 17.8. The lowest BCUT2D eigenvalue weighted by atomic mass is 10.1. The van der Waals surface area contributed by atoms with E-state index in [0.29, 0.717) is 23.4 Å². The standard InChI is InChI=1S/C20H21FN4O/c1-25(2)18(14-6-4-3-5-7-14)13-22-20(26)17-12-23-24-19(17)15-8-10-16(21)11-9-15/h3-12,18H,13H2,1-2H3,(H,22,26)(H,23,24). The van der Waals surface area contributed by atoms with Crippen molar-refractivity contribution in [1.82, 2.24) is 20.4 Å². The SMILES string of the molecule is CN(C)C(CNC(=O)c1cn[nH]c1-c1ccc(F)cc1)c1ccccc1. The Labute approximate surface area is 151 Å². The van der Waals surface area contributed by atoms with E-state index >= 15 is 0 Å². The van der Waals surface area contributed by atoms with Gasteiger partial charge < -0.3 is 10.2 Å². The van der Waals surface area contributed by atoms with Gasteiger partial charge in [-0.2, -0.15) is 5.10 Å². The molecule has 3 aromatic rings. The number of amides is 1. The summed E-state index contributed by atoms with van der Waals surface area (Å²) in [5.74, 6) is -0.545. The minimum absolute atomic E-state index is 0.0568. The fraction of sp³-hybridized carbons (Fsp3) is 0.200. The van der Waals surface area contributed by atoms with Crippen molar-refractivity contribution in [3.05, 3.63) is 77.7 Å². The molecule has 1 atom stereocenters. The van der Waals surface area contributed by atoms with Crippen LogP contribution in [0, 0.1) is 5.82 Å². The normalized spacial score (nSPS) is 12.2. The number of benzene rings is 2. The summed E-state index contributed by atoms with van der Waals surface area (Å²) in [5, 5.41) is 9.77. The predicted molar refractivity (Wildman–Crippen MR) is 99.2 cm³/mol. The Morgan fingerprint density at radius 3 is 2.50 bits per heavy atom. The summed E-state index contributed by atoms with van der Waals surface area (Å²) in [4.78, 5) is 14.7. The van der Waals surface area contributed by atoms with E-state index in [2.05, 4.69) is 20.4 Å². The molecule has 1 heterocycles. The number of aromatic amines is 1. The highest BCUT2D eigenvalue weighted by Gasteiger charge is 2.19. The Hall–Kier alpha value is -2.99. The smallest absolute Gasteiger partial charge is 0.255 e. The molecule has 2 N–H and O–H groups in total. The van der Waals surface area contributed by atoms with E-state index in [-0.39, 0.29) is 17.8 Å². The van der Waals surface area contributed by atoms with Gasteiger partial charge in [0.2, 0.25) is 0 Å². The van der Waals surface area contributed by atoms with Crippen LogP contribution in [0.3, 0.4) is 0 Å². The van der Waals surface area contributed by atoms with Crippen molar-refractivity contribution in [3.8, 4) is 11.3 Å². The molecule has 0 aliphatic heterocycles. The van der Waals surface area contributed by atoms with Crippen LogP contribution >= 0.6 is 0 Å². The van der Waals surface area contributed by atoms with Gasteiger partial charge in [0, 0.05) is 12.1 Å². The van der Waals surface area contributed by atoms with Crippen molar-refractivity contribution in [2.45, 2.75) is 6.04 Å². The van der Waals surface area contributed by atoms with E-state index in [0.717, 1.165) is 5.56 Å². The molecule has 5 nitrogen and oxygen atoms in total. The molecule has 0 aliphatic rings. The summed E-state index contributed by atoms with van der Waals surface area (Å²) in [6.45, 7) is 0.462. The van der Waals surface area contributed by atoms with Crippen molar-refractivity contribution in [1.29, 1.82) is 0 Å². The zero-order valence-corrected chi connectivity index (χ0v) is 14.7. The first-order chi connectivity index (χ1) is 12.6. The summed E-state index contributed by atoms with van der Waals surface area (Å²) in [5.41, 5.74) is 2.84. The molecule has 26 heavy (non-hydrogen) atoms. The van der Waals surface area contributed by atoms with Gasteiger partial charge in [0.05, 0.1) is 23.5 Å². The molecule has 1 amide bonds. The second-order valence-electron chi connectivity index (χ2n) is 6.27. The third-order valence-corrected chi connectivity index (χ3v) is 4.28. The Balaban J connectivity index is 1.74. The number of hydrogen-bond acceptors (Lipinski definition) is 3. The molecule has 0 saturated carbocycles. The maximum Gasteiger partial charge on any atom is 0.255 e. The second-order valence-corrected chi connectivity index (χ2v) is 6.27. The van der Waals surface area contributed by atoms with Gasteiger partial charge in [-0.25, -0.2) is 4.39 Å². The van der Waals surface area contributed by atoms with Gasteiger partial charge in [-0.3, -0.25) is 9.89 Å². The van der Waals surface area contributed by atoms with E-state index in [9.17, 15) is 9.18 Å². The quantitative estimate of drug-likeness (QED) is 0.716. The van der Waals surface area contributed by atoms with Crippen molar-refractivity contribution >= 4 is 5.91 Å². The van der Waals surface area contributed by atoms with Gasteiger partial charge in [0.1, 0.15) is 5.82 Å². The number of carbonyl (C=O) groups is 1. The Morgan fingerprint density at radius 2 is 1.85 bits per heavy atom. The molecule has 0 aliphatic carbocycles. The average molecular weight is 352 g/mol. The molecule has 134 valence electrons. The van der Waals surface area contributed by atoms with Gasteiger partial charge in [0.25, 0.3) is 5.91 Å². The maximum atomic E-state index is 13.1. The summed E-state index contributed by atoms with van der Waals surface area (Å²) in [6, 6.07) is 16.0. The van der Waals surface area contributed by atoms with Crippen molar-refractivity contribution in [3.63, 3.8) is 0 Å². The van der Waals surface area contributed by atoms with Crippen LogP contribution in [-0.2, 0) is 0 Å². The lowest BCUT2D eigenvalue weighted by Crippen LogP contribution is -2.34. The number of carbonyl (C=O) groups excluding carboxylic acids is 1. The third-order valence-electron chi connectivity index (χ3n) is 4.28. The highest BCUT2D eigenvalue weighted by molar-refractivity contribution is 5.99. The Bertz CT molecular complexity index is 859. The van der Waals surface area contributed by atoms with Crippen LogP contribution in [0.25, 0.3) is 11.3 Å². The van der Waals surface area contributed by atoms with Gasteiger partial charge in [-0.15, -0.1) is 0 Å². The second kappa shape index (κ2) is 7.93. The van der Waals surface area contributed by atoms with Crippen LogP contribution in [0.15, 0.2) is 60.8 Å². The molecular formula is C20H21FN4O. The highest BCUT2D eigenvalue weighted by atomic mass is 19.1. The van der Waals surface area contributed by atoms with E-state index in [1.807, 2.05) is 44.4 Å². The summed E-state index contributed by atoms with van der Waals surface area (Å²) >= 11 is 0. The number of nitrogens with zero attached hydrogens (tertiary/aromatic N) is 2. The largest absolute Gasteiger partial charge is 0.350 e. The van der Waals surface area contributed by atoms with Crippen LogP contribution in [-0.4, -0.2) is 41.6 Å². The third kappa shape index (κ3) is 3.97. The number of nitrogens with one attached hydrogen (secondary N) is 2. The molecule has 3 rings (SSSR count). The minimum atomic E-state index is -0.323. The van der Waals surface area contributed by atoms with E-state index in [1.54, 1.807) is 12.1 Å². The van der Waals surface area contributed by atoms with Crippen molar-refractivity contribution in [2.75, 3.05) is 20.6 Å². The Morgan fingerprint density at radius 1 is 1.15 bits per heavy atom. The zero-order chi connectivity index (χ0) is 18.5. The van der Waals surface area contributed by atoms with Crippen LogP contribution in [0.2, 0.25) is 0 Å². The first-order valence-corrected chi connectivity index (χ1v) is 8.35. The number of rotatable bonds is 6. The monoisotopic (exact) mass is 352 g/mol. The van der Waals surface area contributed by atoms with Gasteiger partial charge >= 0.3 is 0 Å². The number of likely N-dealkylation sites (N-methyl/N-ethyl adjacent to an activating group) is 1. The van der Waals surface area contributed by atoms with E-state index in [1.165, 1.54) is 18.3 Å². The topological polar surface area (TPSA) is 61.0 Å². The maximum absolute atomic E-state index is 13.1. The number of hydrogen-bond donors (Lipinski definition) is 2. The fourth-order valence-electron chi connectivity index (χ4n) is 2.85. The molecule has 0 saturated heterocycles. The van der Waals surface area contributed by atoms with E-state index in [4.69, 9.17) is 0 Å². The molecule has 0 radical (unpaired) electrons. The summed E-state index contributed by atoms with van der Waals surface area (Å²) in [7, 11) is 3.96. The number of halogens is 1. The van der Waals surface area contributed by atoms with Crippen LogP contribution in [0.1, 0.15) is 22.0 Å². The lowest BCUT2D eigenvalue weighted by molar-refractivity contribution is 0.0942. The van der Waals surface area contributed by atoms with Crippen molar-refractivity contribution in [2.24, 2.45) is 0 Å². The Kier molecular flexibility index (Phi) is 5.43. The zero-order valence-electron chi connectivity index (χ0n) is 14.7. The van der Waals surface area contributed by atoms with Crippen molar-refractivity contribution < 1.29 is 9.18 Å². The number of H-pyrrole nitrogens is 1. The van der Waals surface area contributed by atoms with Crippen LogP contribution in [0.5, 0.6) is 0 Å². The van der Waals surface area contributed by atoms with E-state index < -0.39 is 0 Å². The van der Waals surface area contributed by atoms with Crippen LogP contribution in [0.4, 0.5) is 4.39 Å². The summed E-state index contributed by atoms with van der Waals surface area (Å²) < 4.78 is 13.1. The highest BCUT2D eigenvalue weighted by Crippen LogP contribution is 2.22. The molecule has 1 aromatic heterocycles. The molecule has 0 fully saturated rings. The lowest BCUT2D eigenvalue weighted by Gasteiger charge is -2.25. The first-order valence-electron chi connectivity index (χ1n) is 8.35. The molecule has 6 heteroatoms. The molecule has 2 aromatic carbocycles. The molecule has 0 spiro atoms. The number of aromatic nitrogens is 2. The predicted octanol–water partition coefficient (Wildman–Crippen LogP) is 3.25. The summed E-state index contributed by atoms with van der Waals surface area (Å²) in [6.07, 6.45) is 1.49. The molecule has 1 unspecified atom stereocenters. The van der Waals surface area contributed by atoms with Crippen LogP contribution < -0.4 is 5.32 Å². The minimum Gasteiger partial charge on any atom is -0.350 e. The average Bonchev–Trinajstić information content (AvgIpc) is 3.13. The fourth-order valence-corrected chi connectivity index (χ4v) is 2.85. The van der Waals surface area contributed by atoms with Gasteiger partial charge in [-0.05, 0) is 43.9 Å².